The lowest BCUT2D eigenvalue weighted by Gasteiger charge is -2.20. The lowest BCUT2D eigenvalue weighted by molar-refractivity contribution is 0.101. The third kappa shape index (κ3) is 4.02. The molecule has 1 aromatic heterocycles. The summed E-state index contributed by atoms with van der Waals surface area (Å²) in [6.07, 6.45) is 11.6. The fraction of sp³-hybridized carbons (Fsp3) is 0.688. The number of aryl methyl sites for hydroxylation is 1. The normalized spacial score (nSPS) is 20.6. The van der Waals surface area contributed by atoms with Gasteiger partial charge in [-0.2, -0.15) is 0 Å². The second-order valence-corrected chi connectivity index (χ2v) is 5.34. The van der Waals surface area contributed by atoms with Gasteiger partial charge in [0.25, 0.3) is 0 Å². The van der Waals surface area contributed by atoms with Crippen molar-refractivity contribution < 1.29 is 4.74 Å². The zero-order valence-corrected chi connectivity index (χ0v) is 12.2. The largest absolute Gasteiger partial charge is 0.378 e. The summed E-state index contributed by atoms with van der Waals surface area (Å²) in [6.45, 7) is 3.16. The Hall–Kier alpha value is -0.930. The highest BCUT2D eigenvalue weighted by Crippen LogP contribution is 2.25. The molecule has 2 rings (SSSR count). The van der Waals surface area contributed by atoms with Crippen LogP contribution in [0.15, 0.2) is 18.5 Å². The molecule has 1 N–H and O–H groups in total. The number of aromatic nitrogens is 1. The van der Waals surface area contributed by atoms with Crippen molar-refractivity contribution >= 4 is 0 Å². The van der Waals surface area contributed by atoms with E-state index in [1.807, 2.05) is 12.4 Å². The molecule has 2 heterocycles. The van der Waals surface area contributed by atoms with Crippen molar-refractivity contribution in [2.75, 3.05) is 13.7 Å². The number of ether oxygens (including phenoxy) is 1. The number of hydrogen-bond acceptors (Lipinski definition) is 3. The van der Waals surface area contributed by atoms with Gasteiger partial charge in [-0.15, -0.1) is 0 Å². The van der Waals surface area contributed by atoms with Gasteiger partial charge in [-0.25, -0.2) is 0 Å². The van der Waals surface area contributed by atoms with E-state index in [0.717, 1.165) is 13.0 Å². The molecule has 1 aliphatic heterocycles. The highest BCUT2D eigenvalue weighted by atomic mass is 16.5. The molecule has 0 radical (unpaired) electrons. The molecule has 1 aliphatic rings. The van der Waals surface area contributed by atoms with Crippen molar-refractivity contribution in [2.24, 2.45) is 0 Å². The van der Waals surface area contributed by atoms with Crippen molar-refractivity contribution in [3.63, 3.8) is 0 Å². The zero-order chi connectivity index (χ0) is 13.5. The van der Waals surface area contributed by atoms with Crippen molar-refractivity contribution in [1.82, 2.24) is 10.3 Å². The van der Waals surface area contributed by atoms with Crippen LogP contribution < -0.4 is 5.32 Å². The summed E-state index contributed by atoms with van der Waals surface area (Å²) in [5, 5.41) is 3.45. The van der Waals surface area contributed by atoms with Gasteiger partial charge in [0.2, 0.25) is 0 Å². The predicted molar refractivity (Wildman–Crippen MR) is 78.2 cm³/mol. The van der Waals surface area contributed by atoms with E-state index >= 15 is 0 Å². The van der Waals surface area contributed by atoms with Crippen LogP contribution in [0, 0.1) is 0 Å². The van der Waals surface area contributed by atoms with Crippen molar-refractivity contribution in [3.8, 4) is 0 Å². The molecule has 1 aromatic rings. The lowest BCUT2D eigenvalue weighted by atomic mass is 9.96. The fourth-order valence-electron chi connectivity index (χ4n) is 2.95. The van der Waals surface area contributed by atoms with Gasteiger partial charge >= 0.3 is 0 Å². The summed E-state index contributed by atoms with van der Waals surface area (Å²) in [4.78, 5) is 4.23. The monoisotopic (exact) mass is 262 g/mol. The third-order valence-electron chi connectivity index (χ3n) is 4.09. The maximum Gasteiger partial charge on any atom is 0.0576 e. The van der Waals surface area contributed by atoms with Gasteiger partial charge in [0.1, 0.15) is 0 Å². The van der Waals surface area contributed by atoms with Crippen LogP contribution in [0.2, 0.25) is 0 Å². The first-order chi connectivity index (χ1) is 9.35. The van der Waals surface area contributed by atoms with Crippen LogP contribution in [0.4, 0.5) is 0 Å². The van der Waals surface area contributed by atoms with Gasteiger partial charge < -0.3 is 10.1 Å². The van der Waals surface area contributed by atoms with E-state index in [1.54, 1.807) is 0 Å². The number of pyridine rings is 1. The molecule has 1 saturated heterocycles. The Morgan fingerprint density at radius 3 is 3.11 bits per heavy atom. The molecule has 0 amide bonds. The number of rotatable bonds is 7. The number of hydrogen-bond donors (Lipinski definition) is 1. The first-order valence-corrected chi connectivity index (χ1v) is 7.56. The van der Waals surface area contributed by atoms with Gasteiger partial charge in [-0.1, -0.05) is 6.92 Å². The van der Waals surface area contributed by atoms with E-state index in [1.165, 1.54) is 43.2 Å². The van der Waals surface area contributed by atoms with Crippen LogP contribution in [-0.2, 0) is 11.2 Å². The van der Waals surface area contributed by atoms with E-state index < -0.39 is 0 Å². The van der Waals surface area contributed by atoms with Crippen molar-refractivity contribution in [2.45, 2.75) is 57.6 Å². The van der Waals surface area contributed by atoms with Gasteiger partial charge in [0.15, 0.2) is 0 Å². The molecule has 3 heteroatoms. The van der Waals surface area contributed by atoms with Crippen LogP contribution in [0.25, 0.3) is 0 Å². The van der Waals surface area contributed by atoms with E-state index in [4.69, 9.17) is 4.74 Å². The Bertz CT molecular complexity index is 375. The smallest absolute Gasteiger partial charge is 0.0576 e. The molecular formula is C16H26N2O. The second-order valence-electron chi connectivity index (χ2n) is 5.34. The number of nitrogens with zero attached hydrogens (tertiary/aromatic N) is 1. The fourth-order valence-corrected chi connectivity index (χ4v) is 2.95. The van der Waals surface area contributed by atoms with Crippen molar-refractivity contribution in [1.29, 1.82) is 0 Å². The molecule has 0 bridgehead atoms. The molecule has 0 aromatic carbocycles. The molecule has 1 fully saturated rings. The highest BCUT2D eigenvalue weighted by Gasteiger charge is 2.17. The summed E-state index contributed by atoms with van der Waals surface area (Å²) < 4.78 is 5.69. The molecule has 106 valence electrons. The maximum atomic E-state index is 5.69. The molecular weight excluding hydrogens is 236 g/mol. The first-order valence-electron chi connectivity index (χ1n) is 7.56. The molecule has 2 unspecified atom stereocenters. The molecule has 0 saturated carbocycles. The van der Waals surface area contributed by atoms with Gasteiger partial charge in [0.05, 0.1) is 6.10 Å². The topological polar surface area (TPSA) is 34.1 Å². The van der Waals surface area contributed by atoms with Crippen LogP contribution in [0.1, 0.15) is 56.2 Å². The van der Waals surface area contributed by atoms with Crippen LogP contribution in [0.5, 0.6) is 0 Å². The van der Waals surface area contributed by atoms with Crippen molar-refractivity contribution in [3.05, 3.63) is 29.6 Å². The van der Waals surface area contributed by atoms with Gasteiger partial charge in [0, 0.05) is 25.0 Å². The number of nitrogens with one attached hydrogen (secondary N) is 1. The summed E-state index contributed by atoms with van der Waals surface area (Å²) in [5.74, 6) is 0. The first kappa shape index (κ1) is 14.5. The Kier molecular flexibility index (Phi) is 5.80. The van der Waals surface area contributed by atoms with E-state index in [0.29, 0.717) is 12.1 Å². The quantitative estimate of drug-likeness (QED) is 0.819. The molecule has 3 nitrogen and oxygen atoms in total. The SMILES string of the molecule is CCc1cnccc1C(CCCC1CCCO1)NC. The predicted octanol–water partition coefficient (Wildman–Crippen LogP) is 3.25. The van der Waals surface area contributed by atoms with E-state index in [2.05, 4.69) is 30.3 Å². The highest BCUT2D eigenvalue weighted by molar-refractivity contribution is 5.26. The molecule has 0 spiro atoms. The Balaban J connectivity index is 1.88. The van der Waals surface area contributed by atoms with E-state index in [-0.39, 0.29) is 0 Å². The minimum absolute atomic E-state index is 0.444. The second kappa shape index (κ2) is 7.61. The minimum atomic E-state index is 0.444. The maximum absolute atomic E-state index is 5.69. The third-order valence-corrected chi connectivity index (χ3v) is 4.09. The Morgan fingerprint density at radius 2 is 2.42 bits per heavy atom. The summed E-state index contributed by atoms with van der Waals surface area (Å²) in [7, 11) is 2.05. The zero-order valence-electron chi connectivity index (χ0n) is 12.2. The summed E-state index contributed by atoms with van der Waals surface area (Å²) in [6, 6.07) is 2.60. The lowest BCUT2D eigenvalue weighted by Crippen LogP contribution is -2.18. The van der Waals surface area contributed by atoms with Gasteiger partial charge in [-0.3, -0.25) is 4.98 Å². The average molecular weight is 262 g/mol. The van der Waals surface area contributed by atoms with Crippen LogP contribution in [0.3, 0.4) is 0 Å². The standard InChI is InChI=1S/C16H26N2O/c1-3-13-12-18-10-9-15(13)16(17-2)8-4-6-14-7-5-11-19-14/h9-10,12,14,16-17H,3-8,11H2,1-2H3. The van der Waals surface area contributed by atoms with Gasteiger partial charge in [-0.05, 0) is 62.8 Å². The molecule has 2 atom stereocenters. The summed E-state index contributed by atoms with van der Waals surface area (Å²) >= 11 is 0. The van der Waals surface area contributed by atoms with Crippen LogP contribution >= 0.6 is 0 Å². The minimum Gasteiger partial charge on any atom is -0.378 e. The molecule has 0 aliphatic carbocycles. The molecule has 19 heavy (non-hydrogen) atoms. The summed E-state index contributed by atoms with van der Waals surface area (Å²) in [5.41, 5.74) is 2.77. The average Bonchev–Trinajstić information content (AvgIpc) is 2.97. The van der Waals surface area contributed by atoms with E-state index in [9.17, 15) is 0 Å². The van der Waals surface area contributed by atoms with Crippen LogP contribution in [-0.4, -0.2) is 24.7 Å². The Labute approximate surface area is 116 Å². The Morgan fingerprint density at radius 1 is 1.53 bits per heavy atom.